The molecule has 3 atom stereocenters. The fraction of sp³-hybridized carbons (Fsp3) is 0.714. The summed E-state index contributed by atoms with van der Waals surface area (Å²) in [6.45, 7) is 9.02. The molecule has 0 aromatic carbocycles. The van der Waals surface area contributed by atoms with E-state index < -0.39 is 0 Å². The van der Waals surface area contributed by atoms with Crippen LogP contribution >= 0.6 is 11.3 Å². The van der Waals surface area contributed by atoms with Gasteiger partial charge in [0.1, 0.15) is 0 Å². The van der Waals surface area contributed by atoms with Gasteiger partial charge in [-0.1, -0.05) is 13.8 Å². The molecule has 0 bridgehead atoms. The first-order chi connectivity index (χ1) is 7.96. The van der Waals surface area contributed by atoms with E-state index in [1.807, 2.05) is 18.4 Å². The normalized spacial score (nSPS) is 28.8. The molecule has 3 unspecified atom stereocenters. The van der Waals surface area contributed by atoms with Crippen molar-refractivity contribution < 1.29 is 4.74 Å². The van der Waals surface area contributed by atoms with Crippen LogP contribution in [0.15, 0.2) is 11.4 Å². The van der Waals surface area contributed by atoms with Crippen LogP contribution in [0.3, 0.4) is 0 Å². The lowest BCUT2D eigenvalue weighted by atomic mass is 9.64. The highest BCUT2D eigenvalue weighted by Gasteiger charge is 2.48. The molecule has 1 N–H and O–H groups in total. The quantitative estimate of drug-likeness (QED) is 0.886. The molecule has 1 heterocycles. The van der Waals surface area contributed by atoms with Crippen LogP contribution in [0.5, 0.6) is 0 Å². The first kappa shape index (κ1) is 13.1. The Hall–Kier alpha value is -0.380. The maximum Gasteiger partial charge on any atom is 0.0652 e. The summed E-state index contributed by atoms with van der Waals surface area (Å²) in [6.07, 6.45) is 1.52. The van der Waals surface area contributed by atoms with Crippen molar-refractivity contribution in [1.82, 2.24) is 5.32 Å². The number of methoxy groups -OCH3 is 1. The van der Waals surface area contributed by atoms with E-state index in [1.165, 1.54) is 10.4 Å². The summed E-state index contributed by atoms with van der Waals surface area (Å²) >= 11 is 1.85. The van der Waals surface area contributed by atoms with Gasteiger partial charge in [0.25, 0.3) is 0 Å². The summed E-state index contributed by atoms with van der Waals surface area (Å²) in [7, 11) is 1.81. The molecule has 96 valence electrons. The van der Waals surface area contributed by atoms with Crippen molar-refractivity contribution in [2.75, 3.05) is 7.11 Å². The van der Waals surface area contributed by atoms with Crippen molar-refractivity contribution >= 4 is 11.3 Å². The highest BCUT2D eigenvalue weighted by molar-refractivity contribution is 7.10. The van der Waals surface area contributed by atoms with Crippen LogP contribution in [-0.2, 0) is 4.74 Å². The summed E-state index contributed by atoms with van der Waals surface area (Å²) < 4.78 is 5.49. The Balaban J connectivity index is 1.97. The molecular weight excluding hydrogens is 230 g/mol. The Morgan fingerprint density at radius 2 is 2.24 bits per heavy atom. The van der Waals surface area contributed by atoms with Crippen LogP contribution in [-0.4, -0.2) is 19.3 Å². The first-order valence-electron chi connectivity index (χ1n) is 6.29. The topological polar surface area (TPSA) is 21.3 Å². The largest absolute Gasteiger partial charge is 0.381 e. The number of hydrogen-bond donors (Lipinski definition) is 1. The van der Waals surface area contributed by atoms with Gasteiger partial charge in [0.2, 0.25) is 0 Å². The van der Waals surface area contributed by atoms with E-state index in [2.05, 4.69) is 44.5 Å². The minimum Gasteiger partial charge on any atom is -0.381 e. The highest BCUT2D eigenvalue weighted by atomic mass is 32.1. The van der Waals surface area contributed by atoms with Gasteiger partial charge in [-0.2, -0.15) is 0 Å². The van der Waals surface area contributed by atoms with E-state index in [-0.39, 0.29) is 5.41 Å². The molecule has 0 saturated heterocycles. The fourth-order valence-corrected chi connectivity index (χ4v) is 3.72. The second-order valence-electron chi connectivity index (χ2n) is 5.69. The van der Waals surface area contributed by atoms with E-state index >= 15 is 0 Å². The van der Waals surface area contributed by atoms with Crippen LogP contribution in [0, 0.1) is 12.3 Å². The van der Waals surface area contributed by atoms with Crippen LogP contribution < -0.4 is 5.32 Å². The molecule has 0 radical (unpaired) electrons. The molecule has 1 aliphatic carbocycles. The minimum atomic E-state index is 0.244. The number of aryl methyl sites for hydroxylation is 1. The second-order valence-corrected chi connectivity index (χ2v) is 6.64. The number of ether oxygens (including phenoxy) is 1. The summed E-state index contributed by atoms with van der Waals surface area (Å²) in [5.41, 5.74) is 1.64. The van der Waals surface area contributed by atoms with Crippen molar-refractivity contribution in [3.63, 3.8) is 0 Å². The van der Waals surface area contributed by atoms with Crippen molar-refractivity contribution in [2.45, 2.75) is 52.3 Å². The van der Waals surface area contributed by atoms with Gasteiger partial charge in [0.15, 0.2) is 0 Å². The third-order valence-corrected chi connectivity index (χ3v) is 5.41. The molecule has 0 aliphatic heterocycles. The highest BCUT2D eigenvalue weighted by Crippen LogP contribution is 2.43. The van der Waals surface area contributed by atoms with Gasteiger partial charge in [-0.3, -0.25) is 0 Å². The van der Waals surface area contributed by atoms with E-state index in [0.717, 1.165) is 6.42 Å². The smallest absolute Gasteiger partial charge is 0.0652 e. The van der Waals surface area contributed by atoms with Crippen LogP contribution in [0.2, 0.25) is 0 Å². The second kappa shape index (κ2) is 4.71. The van der Waals surface area contributed by atoms with Crippen molar-refractivity contribution in [3.05, 3.63) is 21.9 Å². The van der Waals surface area contributed by atoms with Gasteiger partial charge in [-0.15, -0.1) is 11.3 Å². The predicted molar refractivity (Wildman–Crippen MR) is 73.6 cm³/mol. The Morgan fingerprint density at radius 1 is 1.53 bits per heavy atom. The van der Waals surface area contributed by atoms with Gasteiger partial charge in [0.05, 0.1) is 6.10 Å². The maximum atomic E-state index is 5.49. The standard InChI is InChI=1S/C14H23NOS/c1-9-6-7-17-13(9)10(2)15-11-8-12(16-5)14(11,3)4/h6-7,10-12,15H,8H2,1-5H3. The Morgan fingerprint density at radius 3 is 2.71 bits per heavy atom. The number of thiophene rings is 1. The lowest BCUT2D eigenvalue weighted by molar-refractivity contribution is -0.0998. The van der Waals surface area contributed by atoms with Crippen LogP contribution in [0.4, 0.5) is 0 Å². The zero-order valence-electron chi connectivity index (χ0n) is 11.4. The molecule has 1 fully saturated rings. The van der Waals surface area contributed by atoms with Crippen LogP contribution in [0.25, 0.3) is 0 Å². The maximum absolute atomic E-state index is 5.49. The third-order valence-electron chi connectivity index (χ3n) is 4.21. The fourth-order valence-electron chi connectivity index (χ4n) is 2.77. The van der Waals surface area contributed by atoms with Crippen molar-refractivity contribution in [2.24, 2.45) is 5.41 Å². The van der Waals surface area contributed by atoms with Gasteiger partial charge in [-0.05, 0) is 37.3 Å². The Bertz CT molecular complexity index is 385. The Labute approximate surface area is 108 Å². The molecule has 2 rings (SSSR count). The molecule has 0 spiro atoms. The summed E-state index contributed by atoms with van der Waals surface area (Å²) in [5, 5.41) is 5.92. The molecule has 1 saturated carbocycles. The first-order valence-corrected chi connectivity index (χ1v) is 7.17. The number of hydrogen-bond acceptors (Lipinski definition) is 3. The molecule has 3 heteroatoms. The summed E-state index contributed by atoms with van der Waals surface area (Å²) in [4.78, 5) is 1.46. The summed E-state index contributed by atoms with van der Waals surface area (Å²) in [6, 6.07) is 3.20. The lowest BCUT2D eigenvalue weighted by Gasteiger charge is -2.52. The van der Waals surface area contributed by atoms with E-state index in [0.29, 0.717) is 18.2 Å². The molecule has 2 nitrogen and oxygen atoms in total. The lowest BCUT2D eigenvalue weighted by Crippen LogP contribution is -2.60. The molecule has 1 aromatic rings. The van der Waals surface area contributed by atoms with Crippen molar-refractivity contribution in [3.8, 4) is 0 Å². The average molecular weight is 253 g/mol. The predicted octanol–water partition coefficient (Wildman–Crippen LogP) is 3.52. The molecule has 1 aliphatic rings. The van der Waals surface area contributed by atoms with Gasteiger partial charge < -0.3 is 10.1 Å². The van der Waals surface area contributed by atoms with E-state index in [1.54, 1.807) is 0 Å². The average Bonchev–Trinajstić information content (AvgIpc) is 2.69. The monoisotopic (exact) mass is 253 g/mol. The molecule has 0 amide bonds. The van der Waals surface area contributed by atoms with E-state index in [9.17, 15) is 0 Å². The number of nitrogens with one attached hydrogen (secondary N) is 1. The third kappa shape index (κ3) is 2.28. The summed E-state index contributed by atoms with van der Waals surface area (Å²) in [5.74, 6) is 0. The SMILES string of the molecule is COC1CC(NC(C)c2sccc2C)C1(C)C. The van der Waals surface area contributed by atoms with Gasteiger partial charge in [0, 0.05) is 29.5 Å². The van der Waals surface area contributed by atoms with E-state index in [4.69, 9.17) is 4.74 Å². The zero-order valence-corrected chi connectivity index (χ0v) is 12.2. The van der Waals surface area contributed by atoms with Crippen molar-refractivity contribution in [1.29, 1.82) is 0 Å². The molecule has 1 aromatic heterocycles. The van der Waals surface area contributed by atoms with Crippen LogP contribution in [0.1, 0.15) is 43.7 Å². The van der Waals surface area contributed by atoms with Gasteiger partial charge in [-0.25, -0.2) is 0 Å². The minimum absolute atomic E-state index is 0.244. The van der Waals surface area contributed by atoms with Gasteiger partial charge >= 0.3 is 0 Å². The Kier molecular flexibility index (Phi) is 3.62. The zero-order chi connectivity index (χ0) is 12.6. The number of rotatable bonds is 4. The molecular formula is C14H23NOS. The molecule has 17 heavy (non-hydrogen) atoms.